The van der Waals surface area contributed by atoms with Crippen LogP contribution in [0.4, 0.5) is 5.69 Å². The van der Waals surface area contributed by atoms with Crippen LogP contribution < -0.4 is 5.32 Å². The van der Waals surface area contributed by atoms with Gasteiger partial charge in [0, 0.05) is 17.8 Å². The van der Waals surface area contributed by atoms with E-state index in [1.54, 1.807) is 0 Å². The van der Waals surface area contributed by atoms with Gasteiger partial charge in [-0.2, -0.15) is 0 Å². The number of rotatable bonds is 0. The molecule has 2 N–H and O–H groups in total. The van der Waals surface area contributed by atoms with E-state index in [4.69, 9.17) is 11.6 Å². The fourth-order valence-electron chi connectivity index (χ4n) is 1.49. The number of hydrogen-bond acceptors (Lipinski definition) is 2. The Bertz CT molecular complexity index is 325. The summed E-state index contributed by atoms with van der Waals surface area (Å²) in [4.78, 5) is 0. The van der Waals surface area contributed by atoms with E-state index < -0.39 is 6.10 Å². The number of β-amino-alcohol motifs (C(OH)–C–C–N with tert-alkyl or cyclic N) is 1. The van der Waals surface area contributed by atoms with Crippen molar-refractivity contribution in [2.75, 3.05) is 11.9 Å². The summed E-state index contributed by atoms with van der Waals surface area (Å²) in [5, 5.41) is 13.3. The van der Waals surface area contributed by atoms with Crippen molar-refractivity contribution < 1.29 is 5.11 Å². The molecular formula is C9H10ClNO. The van der Waals surface area contributed by atoms with Crippen molar-refractivity contribution in [2.24, 2.45) is 0 Å². The first-order valence-corrected chi connectivity index (χ1v) is 4.29. The molecule has 0 amide bonds. The summed E-state index contributed by atoms with van der Waals surface area (Å²) in [5.41, 5.74) is 2.81. The Morgan fingerprint density at radius 2 is 2.33 bits per heavy atom. The Kier molecular flexibility index (Phi) is 1.74. The minimum atomic E-state index is -0.451. The highest BCUT2D eigenvalue weighted by molar-refractivity contribution is 6.32. The maximum absolute atomic E-state index is 9.54. The van der Waals surface area contributed by atoms with Gasteiger partial charge in [0.1, 0.15) is 0 Å². The largest absolute Gasteiger partial charge is 0.386 e. The normalized spacial score (nSPS) is 20.4. The van der Waals surface area contributed by atoms with Gasteiger partial charge in [-0.25, -0.2) is 0 Å². The predicted molar refractivity (Wildman–Crippen MR) is 49.6 cm³/mol. The molecule has 0 saturated heterocycles. The van der Waals surface area contributed by atoms with Gasteiger partial charge in [0.15, 0.2) is 0 Å². The van der Waals surface area contributed by atoms with Crippen LogP contribution in [0.15, 0.2) is 12.1 Å². The lowest BCUT2D eigenvalue weighted by Gasteiger charge is -2.06. The minimum absolute atomic E-state index is 0.451. The Hall–Kier alpha value is -0.730. The van der Waals surface area contributed by atoms with Crippen LogP contribution in [0.25, 0.3) is 0 Å². The van der Waals surface area contributed by atoms with E-state index in [1.807, 2.05) is 19.1 Å². The number of fused-ring (bicyclic) bond motifs is 1. The van der Waals surface area contributed by atoms with Gasteiger partial charge >= 0.3 is 0 Å². The smallest absolute Gasteiger partial charge is 0.0996 e. The molecule has 1 aliphatic heterocycles. The summed E-state index contributed by atoms with van der Waals surface area (Å²) in [6.07, 6.45) is -0.451. The molecule has 2 nitrogen and oxygen atoms in total. The molecule has 1 aliphatic rings. The molecule has 2 rings (SSSR count). The molecule has 1 atom stereocenters. The molecule has 0 saturated carbocycles. The zero-order valence-electron chi connectivity index (χ0n) is 6.76. The SMILES string of the molecule is Cc1ccc2c(c1Cl)C(O)CN2. The van der Waals surface area contributed by atoms with Gasteiger partial charge < -0.3 is 10.4 Å². The average molecular weight is 184 g/mol. The van der Waals surface area contributed by atoms with Crippen LogP contribution in [-0.4, -0.2) is 11.7 Å². The Morgan fingerprint density at radius 1 is 1.58 bits per heavy atom. The number of benzene rings is 1. The Labute approximate surface area is 76.2 Å². The number of anilines is 1. The van der Waals surface area contributed by atoms with Gasteiger partial charge in [-0.15, -0.1) is 0 Å². The number of halogens is 1. The van der Waals surface area contributed by atoms with Crippen molar-refractivity contribution in [1.82, 2.24) is 0 Å². The number of aryl methyl sites for hydroxylation is 1. The van der Waals surface area contributed by atoms with Crippen molar-refractivity contribution in [3.05, 3.63) is 28.3 Å². The average Bonchev–Trinajstić information content (AvgIpc) is 2.41. The standard InChI is InChI=1S/C9H10ClNO/c1-5-2-3-6-8(9(5)10)7(12)4-11-6/h2-3,7,11-12H,4H2,1H3. The molecule has 64 valence electrons. The Balaban J connectivity index is 2.63. The van der Waals surface area contributed by atoms with E-state index in [-0.39, 0.29) is 0 Å². The maximum atomic E-state index is 9.54. The predicted octanol–water partition coefficient (Wildman–Crippen LogP) is 2.11. The molecule has 1 aromatic carbocycles. The summed E-state index contributed by atoms with van der Waals surface area (Å²) in [6, 6.07) is 3.90. The van der Waals surface area contributed by atoms with E-state index in [9.17, 15) is 5.11 Å². The first-order valence-electron chi connectivity index (χ1n) is 3.91. The molecular weight excluding hydrogens is 174 g/mol. The second-order valence-electron chi connectivity index (χ2n) is 3.05. The molecule has 0 fully saturated rings. The monoisotopic (exact) mass is 183 g/mol. The van der Waals surface area contributed by atoms with Crippen LogP contribution in [0.1, 0.15) is 17.2 Å². The minimum Gasteiger partial charge on any atom is -0.386 e. The fraction of sp³-hybridized carbons (Fsp3) is 0.333. The molecule has 0 radical (unpaired) electrons. The molecule has 12 heavy (non-hydrogen) atoms. The van der Waals surface area contributed by atoms with Gasteiger partial charge in [-0.1, -0.05) is 17.7 Å². The van der Waals surface area contributed by atoms with Crippen molar-refractivity contribution in [2.45, 2.75) is 13.0 Å². The molecule has 3 heteroatoms. The van der Waals surface area contributed by atoms with E-state index >= 15 is 0 Å². The van der Waals surface area contributed by atoms with Gasteiger partial charge in [0.2, 0.25) is 0 Å². The first kappa shape index (κ1) is 7.90. The van der Waals surface area contributed by atoms with E-state index in [2.05, 4.69) is 5.32 Å². The number of aliphatic hydroxyl groups excluding tert-OH is 1. The van der Waals surface area contributed by atoms with E-state index in [1.165, 1.54) is 0 Å². The summed E-state index contributed by atoms with van der Waals surface area (Å²) in [5.74, 6) is 0. The molecule has 0 spiro atoms. The first-order chi connectivity index (χ1) is 5.70. The highest BCUT2D eigenvalue weighted by atomic mass is 35.5. The van der Waals surface area contributed by atoms with Crippen molar-refractivity contribution in [1.29, 1.82) is 0 Å². The van der Waals surface area contributed by atoms with E-state index in [0.717, 1.165) is 16.8 Å². The second kappa shape index (κ2) is 2.64. The number of nitrogens with one attached hydrogen (secondary N) is 1. The lowest BCUT2D eigenvalue weighted by molar-refractivity contribution is 0.199. The highest BCUT2D eigenvalue weighted by Crippen LogP contribution is 2.37. The topological polar surface area (TPSA) is 32.3 Å². The fourth-order valence-corrected chi connectivity index (χ4v) is 1.78. The third-order valence-electron chi connectivity index (χ3n) is 2.19. The van der Waals surface area contributed by atoms with Crippen molar-refractivity contribution in [3.8, 4) is 0 Å². The zero-order chi connectivity index (χ0) is 8.72. The maximum Gasteiger partial charge on any atom is 0.0996 e. The van der Waals surface area contributed by atoms with E-state index in [0.29, 0.717) is 11.6 Å². The third kappa shape index (κ3) is 0.993. The molecule has 1 unspecified atom stereocenters. The van der Waals surface area contributed by atoms with Crippen LogP contribution >= 0.6 is 11.6 Å². The van der Waals surface area contributed by atoms with Gasteiger partial charge in [0.25, 0.3) is 0 Å². The lowest BCUT2D eigenvalue weighted by atomic mass is 10.1. The van der Waals surface area contributed by atoms with Crippen LogP contribution in [0.2, 0.25) is 5.02 Å². The Morgan fingerprint density at radius 3 is 3.08 bits per heavy atom. The van der Waals surface area contributed by atoms with Crippen LogP contribution in [0.3, 0.4) is 0 Å². The lowest BCUT2D eigenvalue weighted by Crippen LogP contribution is -1.99. The summed E-state index contributed by atoms with van der Waals surface area (Å²) in [7, 11) is 0. The zero-order valence-corrected chi connectivity index (χ0v) is 7.52. The van der Waals surface area contributed by atoms with Crippen molar-refractivity contribution >= 4 is 17.3 Å². The number of hydrogen-bond donors (Lipinski definition) is 2. The van der Waals surface area contributed by atoms with Gasteiger partial charge in [-0.05, 0) is 18.6 Å². The molecule has 0 bridgehead atoms. The molecule has 0 aromatic heterocycles. The quantitative estimate of drug-likeness (QED) is 0.646. The van der Waals surface area contributed by atoms with Gasteiger partial charge in [-0.3, -0.25) is 0 Å². The second-order valence-corrected chi connectivity index (χ2v) is 3.43. The third-order valence-corrected chi connectivity index (χ3v) is 2.69. The van der Waals surface area contributed by atoms with Crippen LogP contribution in [-0.2, 0) is 0 Å². The molecule has 0 aliphatic carbocycles. The summed E-state index contributed by atoms with van der Waals surface area (Å²) < 4.78 is 0. The van der Waals surface area contributed by atoms with Crippen LogP contribution in [0, 0.1) is 6.92 Å². The van der Waals surface area contributed by atoms with Crippen LogP contribution in [0.5, 0.6) is 0 Å². The highest BCUT2D eigenvalue weighted by Gasteiger charge is 2.23. The number of aliphatic hydroxyl groups is 1. The molecule has 1 aromatic rings. The summed E-state index contributed by atoms with van der Waals surface area (Å²) in [6.45, 7) is 2.51. The summed E-state index contributed by atoms with van der Waals surface area (Å²) >= 11 is 6.03. The molecule has 1 heterocycles. The van der Waals surface area contributed by atoms with Crippen molar-refractivity contribution in [3.63, 3.8) is 0 Å². The van der Waals surface area contributed by atoms with Gasteiger partial charge in [0.05, 0.1) is 11.1 Å².